The number of likely N-dealkylation sites (tertiary alicyclic amines) is 1. The Morgan fingerprint density at radius 3 is 2.50 bits per heavy atom. The van der Waals surface area contributed by atoms with Gasteiger partial charge in [0.15, 0.2) is 0 Å². The van der Waals surface area contributed by atoms with E-state index in [-0.39, 0.29) is 23.8 Å². The molecule has 2 heterocycles. The third kappa shape index (κ3) is 3.84. The first-order valence-corrected chi connectivity index (χ1v) is 10.1. The van der Waals surface area contributed by atoms with Gasteiger partial charge in [-0.3, -0.25) is 4.79 Å². The molecule has 1 aliphatic carbocycles. The Bertz CT molecular complexity index is 865. The van der Waals surface area contributed by atoms with Gasteiger partial charge in [0, 0.05) is 36.2 Å². The number of H-pyrrole nitrogens is 1. The van der Waals surface area contributed by atoms with Crippen LogP contribution in [-0.2, 0) is 4.79 Å². The van der Waals surface area contributed by atoms with Gasteiger partial charge in [-0.05, 0) is 68.2 Å². The number of aromatic amines is 1. The molecule has 0 bridgehead atoms. The fourth-order valence-corrected chi connectivity index (χ4v) is 4.60. The van der Waals surface area contributed by atoms with Crippen LogP contribution in [0.1, 0.15) is 50.0 Å². The number of nitrogens with one attached hydrogen (secondary N) is 2. The number of halogens is 1. The van der Waals surface area contributed by atoms with Crippen LogP contribution in [0, 0.1) is 11.7 Å². The molecule has 2 fully saturated rings. The summed E-state index contributed by atoms with van der Waals surface area (Å²) >= 11 is 0. The van der Waals surface area contributed by atoms with Crippen LogP contribution in [0.4, 0.5) is 9.18 Å². The minimum atomic E-state index is -0.732. The maximum atomic E-state index is 13.6. The normalized spacial score (nSPS) is 23.7. The number of aromatic nitrogens is 1. The lowest BCUT2D eigenvalue weighted by Gasteiger charge is -2.34. The summed E-state index contributed by atoms with van der Waals surface area (Å²) in [6.07, 6.45) is 6.36. The summed E-state index contributed by atoms with van der Waals surface area (Å²) in [5.74, 6) is -0.928. The third-order valence-electron chi connectivity index (χ3n) is 6.30. The van der Waals surface area contributed by atoms with Gasteiger partial charge in [-0.1, -0.05) is 0 Å². The largest absolute Gasteiger partial charge is 0.481 e. The fraction of sp³-hybridized carbons (Fsp3) is 0.524. The zero-order valence-electron chi connectivity index (χ0n) is 15.8. The SMILES string of the molecule is O=C(O)C1CCC(NC(=O)N2CCC(c3c[nH]c4ccc(F)cc34)CC2)CC1. The van der Waals surface area contributed by atoms with Gasteiger partial charge in [0.2, 0.25) is 0 Å². The van der Waals surface area contributed by atoms with Gasteiger partial charge in [0.1, 0.15) is 5.82 Å². The summed E-state index contributed by atoms with van der Waals surface area (Å²) < 4.78 is 13.6. The van der Waals surface area contributed by atoms with Crippen molar-refractivity contribution in [1.29, 1.82) is 0 Å². The Kier molecular flexibility index (Phi) is 5.24. The Labute approximate surface area is 163 Å². The van der Waals surface area contributed by atoms with Crippen LogP contribution < -0.4 is 5.32 Å². The Morgan fingerprint density at radius 2 is 1.82 bits per heavy atom. The van der Waals surface area contributed by atoms with E-state index in [9.17, 15) is 14.0 Å². The molecule has 28 heavy (non-hydrogen) atoms. The average Bonchev–Trinajstić information content (AvgIpc) is 3.11. The minimum Gasteiger partial charge on any atom is -0.481 e. The number of carboxylic acid groups (broad SMARTS) is 1. The third-order valence-corrected chi connectivity index (χ3v) is 6.30. The molecule has 4 rings (SSSR count). The van der Waals surface area contributed by atoms with Gasteiger partial charge in [0.25, 0.3) is 0 Å². The molecule has 2 aliphatic rings. The van der Waals surface area contributed by atoms with E-state index in [2.05, 4.69) is 10.3 Å². The van der Waals surface area contributed by atoms with Gasteiger partial charge in [-0.15, -0.1) is 0 Å². The number of hydrogen-bond acceptors (Lipinski definition) is 2. The van der Waals surface area contributed by atoms with Crippen LogP contribution in [-0.4, -0.2) is 46.1 Å². The number of nitrogens with zero attached hydrogens (tertiary/aromatic N) is 1. The number of carboxylic acids is 1. The first kappa shape index (κ1) is 18.8. The highest BCUT2D eigenvalue weighted by Crippen LogP contribution is 2.33. The van der Waals surface area contributed by atoms with Crippen LogP contribution in [0.25, 0.3) is 10.9 Å². The van der Waals surface area contributed by atoms with Gasteiger partial charge < -0.3 is 20.3 Å². The number of aliphatic carboxylic acids is 1. The zero-order chi connectivity index (χ0) is 19.7. The summed E-state index contributed by atoms with van der Waals surface area (Å²) in [5.41, 5.74) is 2.06. The predicted molar refractivity (Wildman–Crippen MR) is 104 cm³/mol. The first-order chi connectivity index (χ1) is 13.5. The summed E-state index contributed by atoms with van der Waals surface area (Å²) in [5, 5.41) is 13.1. The number of fused-ring (bicyclic) bond motifs is 1. The smallest absolute Gasteiger partial charge is 0.317 e. The van der Waals surface area contributed by atoms with Crippen LogP contribution in [0.5, 0.6) is 0 Å². The Hall–Kier alpha value is -2.57. The highest BCUT2D eigenvalue weighted by Gasteiger charge is 2.30. The van der Waals surface area contributed by atoms with Crippen LogP contribution >= 0.6 is 0 Å². The standard InChI is InChI=1S/C21H26FN3O3/c22-15-3-6-19-17(11-15)18(12-23-19)13-7-9-25(10-8-13)21(28)24-16-4-1-14(2-5-16)20(26)27/h3,6,11-14,16,23H,1-2,4-5,7-10H2,(H,24,28)(H,26,27). The molecular formula is C21H26FN3O3. The summed E-state index contributed by atoms with van der Waals surface area (Å²) in [7, 11) is 0. The molecule has 150 valence electrons. The number of hydrogen-bond donors (Lipinski definition) is 3. The van der Waals surface area contributed by atoms with Crippen molar-refractivity contribution in [3.05, 3.63) is 35.8 Å². The van der Waals surface area contributed by atoms with Crippen LogP contribution in [0.2, 0.25) is 0 Å². The maximum Gasteiger partial charge on any atom is 0.317 e. The van der Waals surface area contributed by atoms with E-state index in [1.165, 1.54) is 6.07 Å². The molecule has 1 saturated heterocycles. The van der Waals surface area contributed by atoms with Crippen molar-refractivity contribution >= 4 is 22.9 Å². The van der Waals surface area contributed by atoms with Crippen LogP contribution in [0.15, 0.2) is 24.4 Å². The van der Waals surface area contributed by atoms with Crippen molar-refractivity contribution in [1.82, 2.24) is 15.2 Å². The van der Waals surface area contributed by atoms with E-state index in [4.69, 9.17) is 5.11 Å². The molecule has 7 heteroatoms. The molecule has 0 radical (unpaired) electrons. The topological polar surface area (TPSA) is 85.4 Å². The molecule has 0 atom stereocenters. The van der Waals surface area contributed by atoms with E-state index < -0.39 is 5.97 Å². The van der Waals surface area contributed by atoms with E-state index >= 15 is 0 Å². The summed E-state index contributed by atoms with van der Waals surface area (Å²) in [6.45, 7) is 1.34. The number of urea groups is 1. The van der Waals surface area contributed by atoms with Crippen molar-refractivity contribution in [2.45, 2.75) is 50.5 Å². The van der Waals surface area contributed by atoms with Crippen LogP contribution in [0.3, 0.4) is 0 Å². The average molecular weight is 387 g/mol. The molecule has 6 nitrogen and oxygen atoms in total. The van der Waals surface area contributed by atoms with Crippen molar-refractivity contribution in [3.8, 4) is 0 Å². The molecule has 1 aliphatic heterocycles. The van der Waals surface area contributed by atoms with Crippen molar-refractivity contribution in [2.24, 2.45) is 5.92 Å². The zero-order valence-corrected chi connectivity index (χ0v) is 15.8. The Morgan fingerprint density at radius 1 is 1.11 bits per heavy atom. The monoisotopic (exact) mass is 387 g/mol. The highest BCUT2D eigenvalue weighted by molar-refractivity contribution is 5.84. The van der Waals surface area contributed by atoms with E-state index in [1.807, 2.05) is 11.1 Å². The maximum absolute atomic E-state index is 13.6. The predicted octanol–water partition coefficient (Wildman–Crippen LogP) is 3.84. The second-order valence-electron chi connectivity index (χ2n) is 8.03. The summed E-state index contributed by atoms with van der Waals surface area (Å²) in [6, 6.07) is 4.81. The summed E-state index contributed by atoms with van der Waals surface area (Å²) in [4.78, 5) is 28.7. The molecule has 1 aromatic carbocycles. The lowest BCUT2D eigenvalue weighted by atomic mass is 9.86. The fourth-order valence-electron chi connectivity index (χ4n) is 4.60. The lowest BCUT2D eigenvalue weighted by molar-refractivity contribution is -0.142. The highest BCUT2D eigenvalue weighted by atomic mass is 19.1. The van der Waals surface area contributed by atoms with E-state index in [0.29, 0.717) is 31.8 Å². The number of piperidine rings is 1. The molecule has 0 unspecified atom stereocenters. The van der Waals surface area contributed by atoms with Gasteiger partial charge in [-0.2, -0.15) is 0 Å². The molecule has 1 aromatic heterocycles. The molecule has 3 N–H and O–H groups in total. The minimum absolute atomic E-state index is 0.0535. The number of rotatable bonds is 3. The van der Waals surface area contributed by atoms with Gasteiger partial charge in [0.05, 0.1) is 5.92 Å². The molecule has 0 spiro atoms. The van der Waals surface area contributed by atoms with E-state index in [1.54, 1.807) is 12.1 Å². The number of carbonyl (C=O) groups excluding carboxylic acids is 1. The lowest BCUT2D eigenvalue weighted by Crippen LogP contribution is -2.48. The second-order valence-corrected chi connectivity index (χ2v) is 8.03. The molecule has 2 aromatic rings. The van der Waals surface area contributed by atoms with Gasteiger partial charge >= 0.3 is 12.0 Å². The number of carbonyl (C=O) groups is 2. The van der Waals surface area contributed by atoms with Crippen molar-refractivity contribution < 1.29 is 19.1 Å². The number of benzene rings is 1. The molecular weight excluding hydrogens is 361 g/mol. The second kappa shape index (κ2) is 7.81. The van der Waals surface area contributed by atoms with Crippen molar-refractivity contribution in [2.75, 3.05) is 13.1 Å². The van der Waals surface area contributed by atoms with E-state index in [0.717, 1.165) is 42.1 Å². The molecule has 1 saturated carbocycles. The number of amides is 2. The Balaban J connectivity index is 1.31. The quantitative estimate of drug-likeness (QED) is 0.748. The first-order valence-electron chi connectivity index (χ1n) is 10.1. The van der Waals surface area contributed by atoms with Crippen molar-refractivity contribution in [3.63, 3.8) is 0 Å². The van der Waals surface area contributed by atoms with Gasteiger partial charge in [-0.25, -0.2) is 9.18 Å². The molecule has 2 amide bonds.